The fourth-order valence-corrected chi connectivity index (χ4v) is 2.25. The lowest BCUT2D eigenvalue weighted by Crippen LogP contribution is -2.42. The van der Waals surface area contributed by atoms with Gasteiger partial charge in [0.25, 0.3) is 0 Å². The molecule has 0 bridgehead atoms. The predicted octanol–water partition coefficient (Wildman–Crippen LogP) is 2.62. The smallest absolute Gasteiger partial charge is 0.315 e. The fourth-order valence-electron chi connectivity index (χ4n) is 2.25. The molecule has 1 aromatic rings. The predicted molar refractivity (Wildman–Crippen MR) is 88.1 cm³/mol. The van der Waals surface area contributed by atoms with Crippen molar-refractivity contribution in [3.8, 4) is 0 Å². The Morgan fingerprint density at radius 2 is 1.86 bits per heavy atom. The second-order valence-corrected chi connectivity index (χ2v) is 6.09. The maximum absolute atomic E-state index is 11.8. The molecule has 1 fully saturated rings. The number of nitrogens with one attached hydrogen (secondary N) is 2. The van der Waals surface area contributed by atoms with E-state index in [1.54, 1.807) is 11.8 Å². The Labute approximate surface area is 132 Å². The van der Waals surface area contributed by atoms with Gasteiger partial charge in [-0.05, 0) is 36.5 Å². The van der Waals surface area contributed by atoms with E-state index in [-0.39, 0.29) is 11.9 Å². The summed E-state index contributed by atoms with van der Waals surface area (Å²) in [5.74, 6) is 0.439. The van der Waals surface area contributed by atoms with E-state index in [2.05, 4.69) is 24.5 Å². The number of anilines is 1. The van der Waals surface area contributed by atoms with E-state index < -0.39 is 0 Å². The topological polar surface area (TPSA) is 61.4 Å². The summed E-state index contributed by atoms with van der Waals surface area (Å²) >= 11 is 0. The molecule has 1 aliphatic rings. The van der Waals surface area contributed by atoms with Crippen molar-refractivity contribution in [2.24, 2.45) is 0 Å². The number of rotatable bonds is 6. The summed E-state index contributed by atoms with van der Waals surface area (Å²) in [4.78, 5) is 25.1. The number of urea groups is 1. The number of carbonyl (C=O) groups excluding carboxylic acids is 2. The van der Waals surface area contributed by atoms with Gasteiger partial charge < -0.3 is 15.5 Å². The summed E-state index contributed by atoms with van der Waals surface area (Å²) in [7, 11) is 0. The van der Waals surface area contributed by atoms with Crippen molar-refractivity contribution in [1.82, 2.24) is 10.6 Å². The molecule has 5 nitrogen and oxygen atoms in total. The van der Waals surface area contributed by atoms with E-state index in [0.717, 1.165) is 18.5 Å². The zero-order valence-electron chi connectivity index (χ0n) is 13.6. The Balaban J connectivity index is 1.88. The molecule has 120 valence electrons. The first-order chi connectivity index (χ1) is 10.5. The van der Waals surface area contributed by atoms with Gasteiger partial charge in [0.05, 0.1) is 0 Å². The minimum absolute atomic E-state index is 0.0262. The van der Waals surface area contributed by atoms with Gasteiger partial charge in [-0.25, -0.2) is 4.79 Å². The van der Waals surface area contributed by atoms with Crippen LogP contribution in [0, 0.1) is 0 Å². The molecule has 22 heavy (non-hydrogen) atoms. The molecule has 0 unspecified atom stereocenters. The molecule has 0 aromatic heterocycles. The molecule has 0 spiro atoms. The number of nitrogens with zero attached hydrogens (tertiary/aromatic N) is 1. The molecule has 0 aliphatic heterocycles. The second-order valence-electron chi connectivity index (χ2n) is 6.09. The van der Waals surface area contributed by atoms with Gasteiger partial charge in [-0.1, -0.05) is 26.0 Å². The van der Waals surface area contributed by atoms with Crippen molar-refractivity contribution in [1.29, 1.82) is 0 Å². The lowest BCUT2D eigenvalue weighted by Gasteiger charge is -2.22. The summed E-state index contributed by atoms with van der Waals surface area (Å²) in [5.41, 5.74) is 2.11. The van der Waals surface area contributed by atoms with Crippen molar-refractivity contribution in [2.75, 3.05) is 18.0 Å². The SMILES string of the molecule is CC(=O)N(CCNC(=O)NC1CC1)c1ccc(C(C)C)cc1. The summed E-state index contributed by atoms with van der Waals surface area (Å²) in [6.07, 6.45) is 2.13. The standard InChI is InChI=1S/C17H25N3O2/c1-12(2)14-4-8-16(9-5-14)20(13(3)21)11-10-18-17(22)19-15-6-7-15/h4-5,8-9,12,15H,6-7,10-11H2,1-3H3,(H2,18,19,22). The average Bonchev–Trinajstić information content (AvgIpc) is 3.27. The zero-order valence-corrected chi connectivity index (χ0v) is 13.6. The Hall–Kier alpha value is -2.04. The maximum Gasteiger partial charge on any atom is 0.315 e. The van der Waals surface area contributed by atoms with Crippen LogP contribution in [-0.4, -0.2) is 31.1 Å². The van der Waals surface area contributed by atoms with Gasteiger partial charge in [0, 0.05) is 31.7 Å². The molecular formula is C17H25N3O2. The van der Waals surface area contributed by atoms with Gasteiger partial charge in [-0.2, -0.15) is 0 Å². The summed E-state index contributed by atoms with van der Waals surface area (Å²) in [5, 5.41) is 5.66. The van der Waals surface area contributed by atoms with Crippen molar-refractivity contribution in [3.05, 3.63) is 29.8 Å². The van der Waals surface area contributed by atoms with Crippen LogP contribution in [0.3, 0.4) is 0 Å². The highest BCUT2D eigenvalue weighted by Gasteiger charge is 2.23. The third-order valence-corrected chi connectivity index (χ3v) is 3.79. The van der Waals surface area contributed by atoms with Crippen LogP contribution in [0.1, 0.15) is 45.1 Å². The van der Waals surface area contributed by atoms with E-state index in [9.17, 15) is 9.59 Å². The lowest BCUT2D eigenvalue weighted by atomic mass is 10.0. The van der Waals surface area contributed by atoms with Gasteiger partial charge >= 0.3 is 6.03 Å². The van der Waals surface area contributed by atoms with Crippen LogP contribution < -0.4 is 15.5 Å². The largest absolute Gasteiger partial charge is 0.336 e. The first-order valence-electron chi connectivity index (χ1n) is 7.90. The van der Waals surface area contributed by atoms with Gasteiger partial charge in [0.1, 0.15) is 0 Å². The Morgan fingerprint density at radius 3 is 2.36 bits per heavy atom. The molecule has 5 heteroatoms. The second kappa shape index (κ2) is 7.29. The van der Waals surface area contributed by atoms with E-state index in [0.29, 0.717) is 25.0 Å². The molecule has 0 heterocycles. The van der Waals surface area contributed by atoms with Gasteiger partial charge in [0.15, 0.2) is 0 Å². The normalized spacial score (nSPS) is 13.8. The molecule has 0 atom stereocenters. The molecule has 1 aromatic carbocycles. The first kappa shape index (κ1) is 16.3. The summed E-state index contributed by atoms with van der Waals surface area (Å²) < 4.78 is 0. The Kier molecular flexibility index (Phi) is 5.41. The highest BCUT2D eigenvalue weighted by Crippen LogP contribution is 2.20. The van der Waals surface area contributed by atoms with E-state index >= 15 is 0 Å². The van der Waals surface area contributed by atoms with Crippen LogP contribution in [0.25, 0.3) is 0 Å². The zero-order chi connectivity index (χ0) is 16.1. The van der Waals surface area contributed by atoms with E-state index in [4.69, 9.17) is 0 Å². The van der Waals surface area contributed by atoms with Crippen LogP contribution in [0.4, 0.5) is 10.5 Å². The lowest BCUT2D eigenvalue weighted by molar-refractivity contribution is -0.116. The molecule has 0 radical (unpaired) electrons. The van der Waals surface area contributed by atoms with E-state index in [1.807, 2.05) is 24.3 Å². The van der Waals surface area contributed by atoms with Crippen LogP contribution in [-0.2, 0) is 4.79 Å². The monoisotopic (exact) mass is 303 g/mol. The summed E-state index contributed by atoms with van der Waals surface area (Å²) in [6, 6.07) is 8.20. The number of hydrogen-bond donors (Lipinski definition) is 2. The number of carbonyl (C=O) groups is 2. The molecule has 0 saturated heterocycles. The highest BCUT2D eigenvalue weighted by molar-refractivity contribution is 5.91. The molecule has 2 N–H and O–H groups in total. The average molecular weight is 303 g/mol. The van der Waals surface area contributed by atoms with Crippen LogP contribution in [0.5, 0.6) is 0 Å². The van der Waals surface area contributed by atoms with E-state index in [1.165, 1.54) is 5.56 Å². The van der Waals surface area contributed by atoms with Gasteiger partial charge in [-0.15, -0.1) is 0 Å². The highest BCUT2D eigenvalue weighted by atomic mass is 16.2. The number of amides is 3. The molecule has 1 aliphatic carbocycles. The first-order valence-corrected chi connectivity index (χ1v) is 7.90. The van der Waals surface area contributed by atoms with Crippen LogP contribution in [0.15, 0.2) is 24.3 Å². The summed E-state index contributed by atoms with van der Waals surface area (Å²) in [6.45, 7) is 6.72. The van der Waals surface area contributed by atoms with Crippen molar-refractivity contribution < 1.29 is 9.59 Å². The van der Waals surface area contributed by atoms with Crippen LogP contribution >= 0.6 is 0 Å². The van der Waals surface area contributed by atoms with Crippen LogP contribution in [0.2, 0.25) is 0 Å². The van der Waals surface area contributed by atoms with Crippen molar-refractivity contribution >= 4 is 17.6 Å². The fraction of sp³-hybridized carbons (Fsp3) is 0.529. The van der Waals surface area contributed by atoms with Gasteiger partial charge in [-0.3, -0.25) is 4.79 Å². The Morgan fingerprint density at radius 1 is 1.23 bits per heavy atom. The quantitative estimate of drug-likeness (QED) is 0.848. The Bertz CT molecular complexity index is 521. The molecule has 2 rings (SSSR count). The minimum atomic E-state index is -0.152. The third kappa shape index (κ3) is 4.76. The molecule has 3 amide bonds. The number of benzene rings is 1. The van der Waals surface area contributed by atoms with Crippen molar-refractivity contribution in [3.63, 3.8) is 0 Å². The minimum Gasteiger partial charge on any atom is -0.336 e. The molecular weight excluding hydrogens is 278 g/mol. The van der Waals surface area contributed by atoms with Gasteiger partial charge in [0.2, 0.25) is 5.91 Å². The third-order valence-electron chi connectivity index (χ3n) is 3.79. The molecule has 1 saturated carbocycles. The number of hydrogen-bond acceptors (Lipinski definition) is 2. The maximum atomic E-state index is 11.8. The van der Waals surface area contributed by atoms with Crippen molar-refractivity contribution in [2.45, 2.75) is 45.6 Å².